The Balaban J connectivity index is 1.54. The number of hydrogen-bond donors (Lipinski definition) is 2. The molecule has 39 heavy (non-hydrogen) atoms. The van der Waals surface area contributed by atoms with E-state index in [1.165, 1.54) is 9.80 Å². The van der Waals surface area contributed by atoms with Crippen molar-refractivity contribution in [3.8, 4) is 0 Å². The van der Waals surface area contributed by atoms with Crippen molar-refractivity contribution in [2.75, 3.05) is 33.9 Å². The van der Waals surface area contributed by atoms with E-state index in [-0.39, 0.29) is 37.3 Å². The maximum absolute atomic E-state index is 13.9. The molecule has 0 aromatic heterocycles. The summed E-state index contributed by atoms with van der Waals surface area (Å²) in [5, 5.41) is 5.50. The Morgan fingerprint density at radius 1 is 0.897 bits per heavy atom. The van der Waals surface area contributed by atoms with Crippen LogP contribution in [0.5, 0.6) is 0 Å². The van der Waals surface area contributed by atoms with Gasteiger partial charge in [0.25, 0.3) is 0 Å². The third kappa shape index (κ3) is 7.43. The van der Waals surface area contributed by atoms with Crippen LogP contribution in [-0.4, -0.2) is 79.5 Å². The smallest absolute Gasteiger partial charge is 0.249 e. The van der Waals surface area contributed by atoms with Gasteiger partial charge in [0.15, 0.2) is 0 Å². The molecule has 206 valence electrons. The monoisotopic (exact) mass is 530 g/mol. The average Bonchev–Trinajstić information content (AvgIpc) is 3.47. The zero-order valence-electron chi connectivity index (χ0n) is 22.7. The summed E-state index contributed by atoms with van der Waals surface area (Å²) in [5.74, 6) is -1.24. The zero-order valence-corrected chi connectivity index (χ0v) is 22.7. The van der Waals surface area contributed by atoms with Crippen molar-refractivity contribution in [2.24, 2.45) is 5.73 Å². The fourth-order valence-corrected chi connectivity index (χ4v) is 5.10. The fourth-order valence-electron chi connectivity index (χ4n) is 5.10. The van der Waals surface area contributed by atoms with Gasteiger partial charge in [-0.05, 0) is 41.3 Å². The Morgan fingerprint density at radius 2 is 1.59 bits per heavy atom. The highest BCUT2D eigenvalue weighted by molar-refractivity contribution is 5.92. The van der Waals surface area contributed by atoms with Gasteiger partial charge in [0, 0.05) is 33.0 Å². The van der Waals surface area contributed by atoms with Gasteiger partial charge in [-0.15, -0.1) is 0 Å². The van der Waals surface area contributed by atoms with Crippen LogP contribution in [0.15, 0.2) is 72.8 Å². The van der Waals surface area contributed by atoms with E-state index in [1.54, 1.807) is 14.1 Å². The second-order valence-corrected chi connectivity index (χ2v) is 10.3. The van der Waals surface area contributed by atoms with Gasteiger partial charge in [-0.2, -0.15) is 0 Å². The second kappa shape index (κ2) is 13.4. The lowest BCUT2D eigenvalue weighted by Crippen LogP contribution is -2.55. The molecule has 1 fully saturated rings. The predicted molar refractivity (Wildman–Crippen MR) is 152 cm³/mol. The predicted octanol–water partition coefficient (Wildman–Crippen LogP) is 2.53. The van der Waals surface area contributed by atoms with Crippen molar-refractivity contribution in [2.45, 2.75) is 43.8 Å². The van der Waals surface area contributed by atoms with E-state index in [0.717, 1.165) is 41.3 Å². The third-order valence-corrected chi connectivity index (χ3v) is 7.51. The highest BCUT2D eigenvalue weighted by Gasteiger charge is 2.34. The van der Waals surface area contributed by atoms with Gasteiger partial charge < -0.3 is 25.6 Å². The van der Waals surface area contributed by atoms with Crippen LogP contribution in [0.25, 0.3) is 10.8 Å². The molecular weight excluding hydrogens is 492 g/mol. The number of amides is 3. The summed E-state index contributed by atoms with van der Waals surface area (Å²) in [6.07, 6.45) is 2.70. The van der Waals surface area contributed by atoms with Gasteiger partial charge in [-0.25, -0.2) is 0 Å². The molecule has 8 nitrogen and oxygen atoms in total. The van der Waals surface area contributed by atoms with Crippen LogP contribution < -0.4 is 11.1 Å². The van der Waals surface area contributed by atoms with Gasteiger partial charge in [0.2, 0.25) is 17.7 Å². The first-order valence-corrected chi connectivity index (χ1v) is 13.5. The van der Waals surface area contributed by atoms with Crippen LogP contribution in [0.3, 0.4) is 0 Å². The number of rotatable bonds is 12. The van der Waals surface area contributed by atoms with Gasteiger partial charge in [-0.3, -0.25) is 14.4 Å². The highest BCUT2D eigenvalue weighted by Crippen LogP contribution is 2.20. The molecule has 1 heterocycles. The van der Waals surface area contributed by atoms with E-state index >= 15 is 0 Å². The van der Waals surface area contributed by atoms with Crippen molar-refractivity contribution >= 4 is 28.5 Å². The molecule has 3 atom stereocenters. The number of ether oxygens (including phenoxy) is 1. The molecular formula is C31H38N4O4. The zero-order chi connectivity index (χ0) is 27.8. The van der Waals surface area contributed by atoms with Gasteiger partial charge >= 0.3 is 0 Å². The molecule has 1 unspecified atom stereocenters. The van der Waals surface area contributed by atoms with Crippen molar-refractivity contribution in [1.29, 1.82) is 0 Å². The molecule has 3 amide bonds. The van der Waals surface area contributed by atoms with Crippen molar-refractivity contribution < 1.29 is 19.1 Å². The van der Waals surface area contributed by atoms with Gasteiger partial charge in [0.1, 0.15) is 18.7 Å². The Morgan fingerprint density at radius 3 is 2.28 bits per heavy atom. The molecule has 1 aliphatic heterocycles. The summed E-state index contributed by atoms with van der Waals surface area (Å²) in [7, 11) is 3.20. The molecule has 3 aromatic carbocycles. The number of carbonyl (C=O) groups is 3. The summed E-state index contributed by atoms with van der Waals surface area (Å²) in [6.45, 7) is 1.29. The van der Waals surface area contributed by atoms with Crippen molar-refractivity contribution in [3.63, 3.8) is 0 Å². The molecule has 0 radical (unpaired) electrons. The molecule has 1 aliphatic rings. The number of benzene rings is 3. The maximum Gasteiger partial charge on any atom is 0.249 e. The van der Waals surface area contributed by atoms with Crippen LogP contribution in [0.2, 0.25) is 0 Å². The van der Waals surface area contributed by atoms with Crippen LogP contribution in [-0.2, 0) is 32.0 Å². The van der Waals surface area contributed by atoms with E-state index in [2.05, 4.69) is 5.32 Å². The van der Waals surface area contributed by atoms with Crippen LogP contribution in [0, 0.1) is 0 Å². The summed E-state index contributed by atoms with van der Waals surface area (Å²) >= 11 is 0. The number of likely N-dealkylation sites (N-methyl/N-ethyl adjacent to an activating group) is 2. The number of nitrogens with one attached hydrogen (secondary N) is 1. The average molecular weight is 531 g/mol. The SMILES string of the molecule is CN(C(=O)COCC1CCCN1)[C@H](Cc1ccc2ccccc2c1)C(=O)N(C)[C@H](Cc1ccccc1)C(N)=O. The Kier molecular flexibility index (Phi) is 9.68. The van der Waals surface area contributed by atoms with E-state index in [4.69, 9.17) is 10.5 Å². The lowest BCUT2D eigenvalue weighted by molar-refractivity contribution is -0.148. The molecule has 1 saturated heterocycles. The van der Waals surface area contributed by atoms with E-state index in [1.807, 2.05) is 72.8 Å². The Labute approximate surface area is 230 Å². The largest absolute Gasteiger partial charge is 0.370 e. The minimum Gasteiger partial charge on any atom is -0.370 e. The molecule has 4 rings (SSSR count). The summed E-state index contributed by atoms with van der Waals surface area (Å²) < 4.78 is 5.71. The Bertz CT molecular complexity index is 1280. The summed E-state index contributed by atoms with van der Waals surface area (Å²) in [4.78, 5) is 42.4. The lowest BCUT2D eigenvalue weighted by atomic mass is 9.98. The first-order valence-electron chi connectivity index (χ1n) is 13.5. The molecule has 0 saturated carbocycles. The minimum atomic E-state index is -0.854. The van der Waals surface area contributed by atoms with Crippen LogP contribution in [0.4, 0.5) is 0 Å². The van der Waals surface area contributed by atoms with Gasteiger partial charge in [0.05, 0.1) is 6.61 Å². The van der Waals surface area contributed by atoms with Crippen molar-refractivity contribution in [1.82, 2.24) is 15.1 Å². The van der Waals surface area contributed by atoms with Crippen molar-refractivity contribution in [3.05, 3.63) is 83.9 Å². The third-order valence-electron chi connectivity index (χ3n) is 7.51. The number of carbonyl (C=O) groups excluding carboxylic acids is 3. The summed E-state index contributed by atoms with van der Waals surface area (Å²) in [6, 6.07) is 22.0. The highest BCUT2D eigenvalue weighted by atomic mass is 16.5. The fraction of sp³-hybridized carbons (Fsp3) is 0.387. The topological polar surface area (TPSA) is 105 Å². The molecule has 3 aromatic rings. The number of hydrogen-bond acceptors (Lipinski definition) is 5. The lowest BCUT2D eigenvalue weighted by Gasteiger charge is -2.34. The quantitative estimate of drug-likeness (QED) is 0.375. The number of fused-ring (bicyclic) bond motifs is 1. The normalized spacial score (nSPS) is 16.5. The van der Waals surface area contributed by atoms with E-state index in [0.29, 0.717) is 6.61 Å². The molecule has 3 N–H and O–H groups in total. The number of nitrogens with zero attached hydrogens (tertiary/aromatic N) is 2. The summed E-state index contributed by atoms with van der Waals surface area (Å²) in [5.41, 5.74) is 7.57. The molecule has 0 spiro atoms. The number of primary amides is 1. The number of nitrogens with two attached hydrogens (primary N) is 1. The molecule has 0 bridgehead atoms. The van der Waals surface area contributed by atoms with Crippen LogP contribution >= 0.6 is 0 Å². The first kappa shape index (κ1) is 28.3. The van der Waals surface area contributed by atoms with Gasteiger partial charge in [-0.1, -0.05) is 72.8 Å². The van der Waals surface area contributed by atoms with E-state index in [9.17, 15) is 14.4 Å². The van der Waals surface area contributed by atoms with E-state index < -0.39 is 18.0 Å². The van der Waals surface area contributed by atoms with Crippen LogP contribution in [0.1, 0.15) is 24.0 Å². The minimum absolute atomic E-state index is 0.122. The molecule has 8 heteroatoms. The first-order chi connectivity index (χ1) is 18.8. The standard InChI is InChI=1S/C31H38N4O4/c1-34(29(36)21-39-20-26-13-8-16-33-26)28(19-23-14-15-24-11-6-7-12-25(24)17-23)31(38)35(2)27(30(32)37)18-22-9-4-3-5-10-22/h3-7,9-12,14-15,17,26-28,33H,8,13,16,18-21H2,1-2H3,(H2,32,37)/t26?,27-,28-/m1/s1. The second-order valence-electron chi connectivity index (χ2n) is 10.3. The Hall–Kier alpha value is -3.75. The molecule has 0 aliphatic carbocycles. The maximum atomic E-state index is 13.9.